The summed E-state index contributed by atoms with van der Waals surface area (Å²) in [6.45, 7) is 1.92. The average molecular weight is 507 g/mol. The van der Waals surface area contributed by atoms with Crippen molar-refractivity contribution >= 4 is 23.2 Å². The molecular formula is C24H19Cl2F3N4O. The zero-order valence-electron chi connectivity index (χ0n) is 18.0. The Morgan fingerprint density at radius 3 is 2.32 bits per heavy atom. The highest BCUT2D eigenvalue weighted by atomic mass is 35.5. The minimum atomic E-state index is -4.46. The minimum absolute atomic E-state index is 0.0524. The molecule has 10 heteroatoms. The third-order valence-electron chi connectivity index (χ3n) is 6.29. The van der Waals surface area contributed by atoms with Crippen LogP contribution in [0, 0.1) is 0 Å². The Kier molecular flexibility index (Phi) is 5.68. The van der Waals surface area contributed by atoms with Crippen LogP contribution < -0.4 is 0 Å². The van der Waals surface area contributed by atoms with Gasteiger partial charge in [0.1, 0.15) is 16.9 Å². The third kappa shape index (κ3) is 3.60. The third-order valence-corrected chi connectivity index (χ3v) is 6.88. The summed E-state index contributed by atoms with van der Waals surface area (Å²) in [4.78, 5) is 4.75. The van der Waals surface area contributed by atoms with Crippen LogP contribution in [0.15, 0.2) is 52.9 Å². The first-order valence-electron chi connectivity index (χ1n) is 10.8. The Bertz CT molecular complexity index is 1340. The molecule has 1 aliphatic carbocycles. The molecule has 5 rings (SSSR count). The second-order valence-corrected chi connectivity index (χ2v) is 9.07. The molecule has 0 aliphatic heterocycles. The topological polar surface area (TPSA) is 56.7 Å². The minimum Gasteiger partial charge on any atom is -0.418 e. The Balaban J connectivity index is 1.71. The quantitative estimate of drug-likeness (QED) is 0.282. The molecule has 0 radical (unpaired) electrons. The molecular weight excluding hydrogens is 488 g/mol. The van der Waals surface area contributed by atoms with Gasteiger partial charge < -0.3 is 4.42 Å². The zero-order chi connectivity index (χ0) is 24.1. The van der Waals surface area contributed by atoms with E-state index in [-0.39, 0.29) is 18.7 Å². The van der Waals surface area contributed by atoms with Crippen LogP contribution in [0.2, 0.25) is 10.0 Å². The lowest BCUT2D eigenvalue weighted by molar-refractivity contribution is -0.219. The van der Waals surface area contributed by atoms with Crippen molar-refractivity contribution in [3.8, 4) is 28.7 Å². The normalized spacial score (nSPS) is 15.4. The summed E-state index contributed by atoms with van der Waals surface area (Å²) >= 11 is 12.6. The number of imidazole rings is 1. The monoisotopic (exact) mass is 506 g/mol. The molecule has 2 aromatic heterocycles. The largest absolute Gasteiger partial charge is 0.418 e. The summed E-state index contributed by atoms with van der Waals surface area (Å²) in [6.07, 6.45) is -3.64. The fourth-order valence-corrected chi connectivity index (χ4v) is 4.65. The van der Waals surface area contributed by atoms with E-state index >= 15 is 0 Å². The van der Waals surface area contributed by atoms with Crippen molar-refractivity contribution in [1.82, 2.24) is 19.7 Å². The van der Waals surface area contributed by atoms with Crippen molar-refractivity contribution in [2.45, 2.75) is 44.2 Å². The summed E-state index contributed by atoms with van der Waals surface area (Å²) < 4.78 is 49.0. The van der Waals surface area contributed by atoms with Crippen molar-refractivity contribution < 1.29 is 17.6 Å². The predicted molar refractivity (Wildman–Crippen MR) is 123 cm³/mol. The van der Waals surface area contributed by atoms with Gasteiger partial charge >= 0.3 is 6.18 Å². The van der Waals surface area contributed by atoms with Crippen LogP contribution in [0.4, 0.5) is 13.2 Å². The molecule has 1 saturated carbocycles. The van der Waals surface area contributed by atoms with Gasteiger partial charge in [-0.3, -0.25) is 4.57 Å². The van der Waals surface area contributed by atoms with Gasteiger partial charge in [-0.25, -0.2) is 4.98 Å². The van der Waals surface area contributed by atoms with E-state index in [0.717, 1.165) is 5.69 Å². The maximum absolute atomic E-state index is 13.8. The molecule has 1 aliphatic rings. The number of benzene rings is 2. The number of hydrogen-bond donors (Lipinski definition) is 0. The summed E-state index contributed by atoms with van der Waals surface area (Å²) in [5.74, 6) is 0.0423. The van der Waals surface area contributed by atoms with Crippen molar-refractivity contribution in [2.24, 2.45) is 0 Å². The molecule has 4 aromatic rings. The molecule has 0 amide bonds. The van der Waals surface area contributed by atoms with Gasteiger partial charge in [0, 0.05) is 16.3 Å². The summed E-state index contributed by atoms with van der Waals surface area (Å²) in [7, 11) is 0. The molecule has 0 atom stereocenters. The van der Waals surface area contributed by atoms with Crippen LogP contribution in [-0.4, -0.2) is 25.9 Å². The van der Waals surface area contributed by atoms with E-state index in [9.17, 15) is 13.2 Å². The number of alkyl halides is 3. The van der Waals surface area contributed by atoms with Gasteiger partial charge in [-0.1, -0.05) is 48.7 Å². The number of rotatable bonds is 5. The molecule has 0 saturated heterocycles. The fourth-order valence-electron chi connectivity index (χ4n) is 4.30. The summed E-state index contributed by atoms with van der Waals surface area (Å²) in [5, 5.41) is 8.85. The van der Waals surface area contributed by atoms with Crippen molar-refractivity contribution in [1.29, 1.82) is 0 Å². The summed E-state index contributed by atoms with van der Waals surface area (Å²) in [5.41, 5.74) is 0.352. The highest BCUT2D eigenvalue weighted by Crippen LogP contribution is 2.54. The van der Waals surface area contributed by atoms with Crippen LogP contribution in [0.5, 0.6) is 0 Å². The molecule has 34 heavy (non-hydrogen) atoms. The molecule has 0 unspecified atom stereocenters. The van der Waals surface area contributed by atoms with Gasteiger partial charge in [0.05, 0.1) is 10.7 Å². The van der Waals surface area contributed by atoms with Crippen LogP contribution in [0.1, 0.15) is 37.8 Å². The number of halogens is 5. The highest BCUT2D eigenvalue weighted by molar-refractivity contribution is 6.33. The van der Waals surface area contributed by atoms with Gasteiger partial charge in [-0.2, -0.15) is 13.2 Å². The second-order valence-electron chi connectivity index (χ2n) is 8.22. The van der Waals surface area contributed by atoms with E-state index < -0.39 is 17.5 Å². The molecule has 5 nitrogen and oxygen atoms in total. The molecule has 176 valence electrons. The first kappa shape index (κ1) is 22.9. The predicted octanol–water partition coefficient (Wildman–Crippen LogP) is 7.44. The molecule has 1 fully saturated rings. The number of aromatic nitrogens is 4. The first-order valence-corrected chi connectivity index (χ1v) is 11.5. The van der Waals surface area contributed by atoms with E-state index in [1.165, 1.54) is 0 Å². The lowest BCUT2D eigenvalue weighted by atomic mass is 9.68. The van der Waals surface area contributed by atoms with Gasteiger partial charge in [0.15, 0.2) is 0 Å². The van der Waals surface area contributed by atoms with E-state index in [1.807, 2.05) is 41.8 Å². The standard InChI is InChI=1S/C24H19Cl2F3N4O/c1-2-18-19(21-31-32-22(34-21)23(12-5-13-23)24(27,28)29)30-20(16-6-3-4-7-17(16)26)33(18)15-10-8-14(25)9-11-15/h3-4,6-11H,2,5,12-13H2,1H3. The molecule has 2 heterocycles. The lowest BCUT2D eigenvalue weighted by Gasteiger charge is -2.39. The van der Waals surface area contributed by atoms with E-state index in [0.29, 0.717) is 45.7 Å². The van der Waals surface area contributed by atoms with E-state index in [4.69, 9.17) is 32.6 Å². The molecule has 0 spiro atoms. The van der Waals surface area contributed by atoms with Crippen LogP contribution in [-0.2, 0) is 11.8 Å². The van der Waals surface area contributed by atoms with Crippen molar-refractivity contribution in [3.63, 3.8) is 0 Å². The van der Waals surface area contributed by atoms with Gasteiger partial charge in [0.25, 0.3) is 5.89 Å². The van der Waals surface area contributed by atoms with E-state index in [1.54, 1.807) is 18.2 Å². The molecule has 2 aromatic carbocycles. The van der Waals surface area contributed by atoms with Gasteiger partial charge in [-0.05, 0) is 55.7 Å². The summed E-state index contributed by atoms with van der Waals surface area (Å²) in [6, 6.07) is 14.4. The molecule has 0 bridgehead atoms. The van der Waals surface area contributed by atoms with Crippen molar-refractivity contribution in [2.75, 3.05) is 0 Å². The zero-order valence-corrected chi connectivity index (χ0v) is 19.5. The highest BCUT2D eigenvalue weighted by Gasteiger charge is 2.63. The average Bonchev–Trinajstić information content (AvgIpc) is 3.38. The van der Waals surface area contributed by atoms with Gasteiger partial charge in [-0.15, -0.1) is 10.2 Å². The lowest BCUT2D eigenvalue weighted by Crippen LogP contribution is -2.48. The van der Waals surface area contributed by atoms with Crippen molar-refractivity contribution in [3.05, 3.63) is 70.2 Å². The van der Waals surface area contributed by atoms with Gasteiger partial charge in [0.2, 0.25) is 5.89 Å². The van der Waals surface area contributed by atoms with Crippen LogP contribution >= 0.6 is 23.2 Å². The maximum Gasteiger partial charge on any atom is 0.403 e. The number of hydrogen-bond acceptors (Lipinski definition) is 4. The van der Waals surface area contributed by atoms with Crippen LogP contribution in [0.25, 0.3) is 28.7 Å². The first-order chi connectivity index (χ1) is 16.2. The Labute approximate surface area is 203 Å². The number of nitrogens with zero attached hydrogens (tertiary/aromatic N) is 4. The Hall–Kier alpha value is -2.84. The SMILES string of the molecule is CCc1c(-c2nnc(C3(C(F)(F)F)CCC3)o2)nc(-c2ccccc2Cl)n1-c1ccc(Cl)cc1. The Morgan fingerprint density at radius 1 is 1.03 bits per heavy atom. The molecule has 0 N–H and O–H groups in total. The fraction of sp³-hybridized carbons (Fsp3) is 0.292. The van der Waals surface area contributed by atoms with Crippen LogP contribution in [0.3, 0.4) is 0 Å². The smallest absolute Gasteiger partial charge is 0.403 e. The second kappa shape index (κ2) is 8.43. The van der Waals surface area contributed by atoms with E-state index in [2.05, 4.69) is 10.2 Å². The Morgan fingerprint density at radius 2 is 1.74 bits per heavy atom. The maximum atomic E-state index is 13.8.